The van der Waals surface area contributed by atoms with Gasteiger partial charge in [0, 0.05) is 18.7 Å². The van der Waals surface area contributed by atoms with Crippen LogP contribution in [0.4, 0.5) is 11.4 Å². The van der Waals surface area contributed by atoms with Crippen molar-refractivity contribution in [1.29, 1.82) is 0 Å². The number of aliphatic imine (C=N–C) groups is 1. The van der Waals surface area contributed by atoms with E-state index in [2.05, 4.69) is 15.6 Å². The topological polar surface area (TPSA) is 79.6 Å². The molecular weight excluding hydrogens is 232 g/mol. The first kappa shape index (κ1) is 10.7. The first-order valence-electron chi connectivity index (χ1n) is 4.66. The predicted molar refractivity (Wildman–Crippen MR) is 62.0 cm³/mol. The average Bonchev–Trinajstić information content (AvgIpc) is 2.73. The molecular formula is C9H9ClN4O2. The number of guanidine groups is 1. The number of nitrogens with one attached hydrogen (secondary N) is 2. The second-order valence-corrected chi connectivity index (χ2v) is 3.61. The highest BCUT2D eigenvalue weighted by atomic mass is 35.5. The summed E-state index contributed by atoms with van der Waals surface area (Å²) in [6, 6.07) is 4.22. The third kappa shape index (κ3) is 2.22. The molecule has 7 heteroatoms. The summed E-state index contributed by atoms with van der Waals surface area (Å²) in [5.74, 6) is 0.586. The Kier molecular flexibility index (Phi) is 2.91. The van der Waals surface area contributed by atoms with Crippen molar-refractivity contribution in [3.63, 3.8) is 0 Å². The van der Waals surface area contributed by atoms with Crippen LogP contribution in [0.25, 0.3) is 0 Å². The molecule has 0 saturated carbocycles. The quantitative estimate of drug-likeness (QED) is 0.608. The van der Waals surface area contributed by atoms with E-state index in [0.29, 0.717) is 23.2 Å². The van der Waals surface area contributed by atoms with Crippen LogP contribution in [0.1, 0.15) is 0 Å². The van der Waals surface area contributed by atoms with Gasteiger partial charge < -0.3 is 10.6 Å². The molecule has 2 N–H and O–H groups in total. The fourth-order valence-electron chi connectivity index (χ4n) is 1.33. The molecule has 1 aromatic rings. The maximum atomic E-state index is 10.6. The molecule has 0 atom stereocenters. The van der Waals surface area contributed by atoms with Gasteiger partial charge in [-0.25, -0.2) is 0 Å². The van der Waals surface area contributed by atoms with Gasteiger partial charge in [-0.15, -0.1) is 0 Å². The van der Waals surface area contributed by atoms with Crippen LogP contribution in [0.5, 0.6) is 0 Å². The number of benzene rings is 1. The summed E-state index contributed by atoms with van der Waals surface area (Å²) in [5, 5.41) is 16.9. The van der Waals surface area contributed by atoms with Crippen LogP contribution >= 0.6 is 11.6 Å². The van der Waals surface area contributed by atoms with Crippen molar-refractivity contribution in [2.24, 2.45) is 4.99 Å². The molecule has 1 aromatic carbocycles. The monoisotopic (exact) mass is 240 g/mol. The zero-order valence-corrected chi connectivity index (χ0v) is 8.99. The van der Waals surface area contributed by atoms with E-state index in [9.17, 15) is 10.1 Å². The molecule has 0 unspecified atom stereocenters. The largest absolute Gasteiger partial charge is 0.354 e. The lowest BCUT2D eigenvalue weighted by atomic mass is 10.3. The standard InChI is InChI=1S/C9H9ClN4O2/c10-7-2-1-6(14(15)16)5-8(7)13-9-11-3-4-12-9/h1-2,5H,3-4H2,(H2,11,12,13). The van der Waals surface area contributed by atoms with Gasteiger partial charge in [0.15, 0.2) is 5.96 Å². The molecule has 0 fully saturated rings. The Bertz CT molecular complexity index is 461. The molecule has 0 aromatic heterocycles. The number of nitro groups is 1. The molecule has 1 heterocycles. The lowest BCUT2D eigenvalue weighted by Gasteiger charge is -2.07. The van der Waals surface area contributed by atoms with E-state index in [1.165, 1.54) is 18.2 Å². The van der Waals surface area contributed by atoms with Crippen molar-refractivity contribution >= 4 is 28.9 Å². The molecule has 1 aliphatic heterocycles. The highest BCUT2D eigenvalue weighted by molar-refractivity contribution is 6.33. The third-order valence-electron chi connectivity index (χ3n) is 2.09. The minimum atomic E-state index is -0.467. The number of rotatable bonds is 2. The summed E-state index contributed by atoms with van der Waals surface area (Å²) in [5.41, 5.74) is 0.467. The van der Waals surface area contributed by atoms with Crippen molar-refractivity contribution in [1.82, 2.24) is 5.32 Å². The second kappa shape index (κ2) is 4.36. The number of nitrogens with zero attached hydrogens (tertiary/aromatic N) is 2. The zero-order chi connectivity index (χ0) is 11.5. The summed E-state index contributed by atoms with van der Waals surface area (Å²) in [4.78, 5) is 14.2. The van der Waals surface area contributed by atoms with Crippen molar-refractivity contribution in [3.05, 3.63) is 33.3 Å². The molecule has 16 heavy (non-hydrogen) atoms. The van der Waals surface area contributed by atoms with Crippen LogP contribution < -0.4 is 10.6 Å². The predicted octanol–water partition coefficient (Wildman–Crippen LogP) is 1.62. The highest BCUT2D eigenvalue weighted by Crippen LogP contribution is 2.26. The Balaban J connectivity index is 2.24. The van der Waals surface area contributed by atoms with Crippen LogP contribution in [-0.4, -0.2) is 24.0 Å². The van der Waals surface area contributed by atoms with Crippen molar-refractivity contribution in [3.8, 4) is 0 Å². The van der Waals surface area contributed by atoms with Gasteiger partial charge in [-0.3, -0.25) is 15.1 Å². The van der Waals surface area contributed by atoms with E-state index < -0.39 is 4.92 Å². The van der Waals surface area contributed by atoms with E-state index in [-0.39, 0.29) is 5.69 Å². The summed E-state index contributed by atoms with van der Waals surface area (Å²) in [7, 11) is 0. The Morgan fingerprint density at radius 2 is 2.38 bits per heavy atom. The molecule has 6 nitrogen and oxygen atoms in total. The number of anilines is 1. The minimum Gasteiger partial charge on any atom is -0.354 e. The molecule has 84 valence electrons. The summed E-state index contributed by atoms with van der Waals surface area (Å²) in [6.07, 6.45) is 0. The minimum absolute atomic E-state index is 0.00880. The van der Waals surface area contributed by atoms with Crippen molar-refractivity contribution in [2.75, 3.05) is 18.4 Å². The smallest absolute Gasteiger partial charge is 0.271 e. The van der Waals surface area contributed by atoms with Crippen molar-refractivity contribution < 1.29 is 4.92 Å². The van der Waals surface area contributed by atoms with Gasteiger partial charge in [0.2, 0.25) is 0 Å². The molecule has 0 spiro atoms. The lowest BCUT2D eigenvalue weighted by molar-refractivity contribution is -0.384. The Labute approximate surface area is 96.5 Å². The van der Waals surface area contributed by atoms with E-state index >= 15 is 0 Å². The summed E-state index contributed by atoms with van der Waals surface area (Å²) in [6.45, 7) is 1.45. The molecule has 2 rings (SSSR count). The van der Waals surface area contributed by atoms with Crippen LogP contribution in [0.15, 0.2) is 23.2 Å². The number of non-ortho nitro benzene ring substituents is 1. The summed E-state index contributed by atoms with van der Waals surface area (Å²) < 4.78 is 0. The van der Waals surface area contributed by atoms with Crippen LogP contribution in [0.3, 0.4) is 0 Å². The van der Waals surface area contributed by atoms with E-state index in [0.717, 1.165) is 6.54 Å². The molecule has 0 radical (unpaired) electrons. The SMILES string of the molecule is O=[N+]([O-])c1ccc(Cl)c(NC2=NCCN2)c1. The first-order valence-corrected chi connectivity index (χ1v) is 5.04. The zero-order valence-electron chi connectivity index (χ0n) is 8.24. The third-order valence-corrected chi connectivity index (χ3v) is 2.42. The van der Waals surface area contributed by atoms with E-state index in [4.69, 9.17) is 11.6 Å². The van der Waals surface area contributed by atoms with Crippen LogP contribution in [0.2, 0.25) is 5.02 Å². The summed E-state index contributed by atoms with van der Waals surface area (Å²) >= 11 is 5.91. The normalized spacial score (nSPS) is 14.2. The molecule has 1 aliphatic rings. The van der Waals surface area contributed by atoms with Gasteiger partial charge in [-0.2, -0.15) is 0 Å². The van der Waals surface area contributed by atoms with Gasteiger partial charge in [0.05, 0.1) is 22.2 Å². The van der Waals surface area contributed by atoms with E-state index in [1.807, 2.05) is 0 Å². The van der Waals surface area contributed by atoms with Crippen LogP contribution in [0, 0.1) is 10.1 Å². The van der Waals surface area contributed by atoms with E-state index in [1.54, 1.807) is 0 Å². The Morgan fingerprint density at radius 3 is 3.00 bits per heavy atom. The number of hydrogen-bond donors (Lipinski definition) is 2. The number of nitro benzene ring substituents is 1. The second-order valence-electron chi connectivity index (χ2n) is 3.20. The van der Waals surface area contributed by atoms with Crippen molar-refractivity contribution in [2.45, 2.75) is 0 Å². The fraction of sp³-hybridized carbons (Fsp3) is 0.222. The molecule has 0 aliphatic carbocycles. The fourth-order valence-corrected chi connectivity index (χ4v) is 1.50. The average molecular weight is 241 g/mol. The Morgan fingerprint density at radius 1 is 1.56 bits per heavy atom. The maximum Gasteiger partial charge on any atom is 0.271 e. The maximum absolute atomic E-state index is 10.6. The number of halogens is 1. The van der Waals surface area contributed by atoms with Gasteiger partial charge in [0.1, 0.15) is 0 Å². The highest BCUT2D eigenvalue weighted by Gasteiger charge is 2.12. The Hall–Kier alpha value is -1.82. The number of hydrogen-bond acceptors (Lipinski definition) is 5. The van der Waals surface area contributed by atoms with Gasteiger partial charge in [-0.05, 0) is 6.07 Å². The molecule has 0 amide bonds. The lowest BCUT2D eigenvalue weighted by Crippen LogP contribution is -2.26. The van der Waals surface area contributed by atoms with Crippen LogP contribution in [-0.2, 0) is 0 Å². The first-order chi connectivity index (χ1) is 7.66. The molecule has 0 saturated heterocycles. The molecule has 0 bridgehead atoms. The van der Waals surface area contributed by atoms with Gasteiger partial charge in [0.25, 0.3) is 5.69 Å². The van der Waals surface area contributed by atoms with Gasteiger partial charge >= 0.3 is 0 Å². The van der Waals surface area contributed by atoms with Gasteiger partial charge in [-0.1, -0.05) is 11.6 Å².